The highest BCUT2D eigenvalue weighted by molar-refractivity contribution is 8.00. The third kappa shape index (κ3) is 2.74. The maximum atomic E-state index is 8.88. The van der Waals surface area contributed by atoms with Crippen LogP contribution in [0.15, 0.2) is 35.7 Å². The van der Waals surface area contributed by atoms with Gasteiger partial charge in [-0.2, -0.15) is 5.26 Å². The number of thioether (sulfide) groups is 1. The SMILES string of the molecule is Cc1cc(C)cc(-n2ccnc2S[C@@H](C)C#N)c1. The standard InChI is InChI=1S/C14H15N3S/c1-10-6-11(2)8-13(7-10)17-5-4-16-14(17)18-12(3)9-15/h4-8,12H,1-3H3/t12-/m0/s1. The summed E-state index contributed by atoms with van der Waals surface area (Å²) < 4.78 is 2.03. The zero-order chi connectivity index (χ0) is 13.1. The number of hydrogen-bond donors (Lipinski definition) is 0. The Balaban J connectivity index is 2.39. The lowest BCUT2D eigenvalue weighted by Gasteiger charge is -2.10. The molecule has 0 N–H and O–H groups in total. The first-order valence-electron chi connectivity index (χ1n) is 5.78. The van der Waals surface area contributed by atoms with E-state index in [1.807, 2.05) is 17.7 Å². The molecule has 0 aliphatic heterocycles. The number of nitrogens with zero attached hydrogens (tertiary/aromatic N) is 3. The summed E-state index contributed by atoms with van der Waals surface area (Å²) in [6, 6.07) is 8.60. The minimum atomic E-state index is -0.0999. The molecule has 3 nitrogen and oxygen atoms in total. The van der Waals surface area contributed by atoms with E-state index >= 15 is 0 Å². The second kappa shape index (κ2) is 5.28. The number of rotatable bonds is 3. The lowest BCUT2D eigenvalue weighted by molar-refractivity contribution is 0.890. The van der Waals surface area contributed by atoms with Crippen molar-refractivity contribution in [3.63, 3.8) is 0 Å². The van der Waals surface area contributed by atoms with Gasteiger partial charge >= 0.3 is 0 Å². The van der Waals surface area contributed by atoms with Gasteiger partial charge in [0.25, 0.3) is 0 Å². The maximum Gasteiger partial charge on any atom is 0.173 e. The van der Waals surface area contributed by atoms with E-state index in [1.54, 1.807) is 6.20 Å². The molecule has 0 unspecified atom stereocenters. The average molecular weight is 257 g/mol. The van der Waals surface area contributed by atoms with Crippen LogP contribution in [0.5, 0.6) is 0 Å². The van der Waals surface area contributed by atoms with Gasteiger partial charge in [-0.25, -0.2) is 4.98 Å². The molecule has 2 rings (SSSR count). The Morgan fingerprint density at radius 3 is 2.56 bits per heavy atom. The van der Waals surface area contributed by atoms with Gasteiger partial charge in [0.1, 0.15) is 0 Å². The summed E-state index contributed by atoms with van der Waals surface area (Å²) in [4.78, 5) is 4.31. The van der Waals surface area contributed by atoms with Crippen molar-refractivity contribution >= 4 is 11.8 Å². The Labute approximate surface area is 111 Å². The van der Waals surface area contributed by atoms with Crippen LogP contribution < -0.4 is 0 Å². The summed E-state index contributed by atoms with van der Waals surface area (Å²) in [5, 5.41) is 9.63. The number of aryl methyl sites for hydroxylation is 2. The fourth-order valence-corrected chi connectivity index (χ4v) is 2.62. The quantitative estimate of drug-likeness (QED) is 0.790. The molecule has 1 atom stereocenters. The van der Waals surface area contributed by atoms with E-state index in [0.29, 0.717) is 0 Å². The van der Waals surface area contributed by atoms with E-state index in [9.17, 15) is 0 Å². The highest BCUT2D eigenvalue weighted by Gasteiger charge is 2.10. The maximum absolute atomic E-state index is 8.88. The molecule has 0 saturated carbocycles. The third-order valence-electron chi connectivity index (χ3n) is 2.56. The van der Waals surface area contributed by atoms with E-state index in [4.69, 9.17) is 5.26 Å². The zero-order valence-electron chi connectivity index (χ0n) is 10.7. The summed E-state index contributed by atoms with van der Waals surface area (Å²) >= 11 is 1.47. The van der Waals surface area contributed by atoms with Crippen LogP contribution in [0.2, 0.25) is 0 Å². The summed E-state index contributed by atoms with van der Waals surface area (Å²) in [6.45, 7) is 6.04. The highest BCUT2D eigenvalue weighted by Crippen LogP contribution is 2.25. The summed E-state index contributed by atoms with van der Waals surface area (Å²) in [7, 11) is 0. The number of imidazole rings is 1. The molecule has 92 valence electrons. The average Bonchev–Trinajstić information content (AvgIpc) is 2.75. The predicted molar refractivity (Wildman–Crippen MR) is 74.0 cm³/mol. The Morgan fingerprint density at radius 1 is 1.28 bits per heavy atom. The molecule has 0 fully saturated rings. The van der Waals surface area contributed by atoms with E-state index in [1.165, 1.54) is 22.9 Å². The van der Waals surface area contributed by atoms with Gasteiger partial charge in [-0.05, 0) is 44.0 Å². The van der Waals surface area contributed by atoms with Gasteiger partial charge in [-0.1, -0.05) is 17.8 Å². The minimum Gasteiger partial charge on any atom is -0.295 e. The fourth-order valence-electron chi connectivity index (χ4n) is 1.85. The highest BCUT2D eigenvalue weighted by atomic mass is 32.2. The minimum absolute atomic E-state index is 0.0999. The van der Waals surface area contributed by atoms with E-state index in [-0.39, 0.29) is 5.25 Å². The van der Waals surface area contributed by atoms with Gasteiger partial charge in [-0.15, -0.1) is 0 Å². The summed E-state index contributed by atoms with van der Waals surface area (Å²) in [5.74, 6) is 0. The topological polar surface area (TPSA) is 41.6 Å². The van der Waals surface area contributed by atoms with Crippen molar-refractivity contribution in [2.75, 3.05) is 0 Å². The second-order valence-electron chi connectivity index (χ2n) is 4.31. The molecule has 2 aromatic rings. The predicted octanol–water partition coefficient (Wildman–Crippen LogP) is 3.49. The van der Waals surface area contributed by atoms with Crippen LogP contribution in [-0.2, 0) is 0 Å². The molecule has 18 heavy (non-hydrogen) atoms. The van der Waals surface area contributed by atoms with E-state index in [0.717, 1.165) is 10.8 Å². The third-order valence-corrected chi connectivity index (χ3v) is 3.53. The van der Waals surface area contributed by atoms with Crippen LogP contribution in [0.25, 0.3) is 5.69 Å². The molecular weight excluding hydrogens is 242 g/mol. The lowest BCUT2D eigenvalue weighted by Crippen LogP contribution is -1.99. The fraction of sp³-hybridized carbons (Fsp3) is 0.286. The Kier molecular flexibility index (Phi) is 3.73. The summed E-state index contributed by atoms with van der Waals surface area (Å²) in [5.41, 5.74) is 3.55. The van der Waals surface area contributed by atoms with Crippen LogP contribution in [0.4, 0.5) is 0 Å². The zero-order valence-corrected chi connectivity index (χ0v) is 11.5. The van der Waals surface area contributed by atoms with Gasteiger partial charge in [0.2, 0.25) is 0 Å². The van der Waals surface area contributed by atoms with E-state index < -0.39 is 0 Å². The normalized spacial score (nSPS) is 12.1. The van der Waals surface area contributed by atoms with Crippen molar-refractivity contribution < 1.29 is 0 Å². The van der Waals surface area contributed by atoms with Crippen molar-refractivity contribution in [2.45, 2.75) is 31.2 Å². The van der Waals surface area contributed by atoms with Crippen LogP contribution in [0, 0.1) is 25.2 Å². The molecule has 0 aliphatic rings. The smallest absolute Gasteiger partial charge is 0.173 e. The lowest BCUT2D eigenvalue weighted by atomic mass is 10.1. The monoisotopic (exact) mass is 257 g/mol. The van der Waals surface area contributed by atoms with Crippen LogP contribution in [-0.4, -0.2) is 14.8 Å². The van der Waals surface area contributed by atoms with Gasteiger partial charge < -0.3 is 0 Å². The molecule has 1 aromatic carbocycles. The van der Waals surface area contributed by atoms with Crippen LogP contribution >= 0.6 is 11.8 Å². The first-order valence-corrected chi connectivity index (χ1v) is 6.66. The van der Waals surface area contributed by atoms with Gasteiger partial charge in [-0.3, -0.25) is 4.57 Å². The number of hydrogen-bond acceptors (Lipinski definition) is 3. The van der Waals surface area contributed by atoms with Gasteiger partial charge in [0, 0.05) is 18.1 Å². The van der Waals surface area contributed by atoms with Crippen LogP contribution in [0.1, 0.15) is 18.1 Å². The van der Waals surface area contributed by atoms with Crippen molar-refractivity contribution in [3.8, 4) is 11.8 Å². The second-order valence-corrected chi connectivity index (χ2v) is 5.62. The molecule has 0 saturated heterocycles. The van der Waals surface area contributed by atoms with Gasteiger partial charge in [0.15, 0.2) is 5.16 Å². The first kappa shape index (κ1) is 12.7. The van der Waals surface area contributed by atoms with Crippen molar-refractivity contribution in [3.05, 3.63) is 41.7 Å². The first-order chi connectivity index (χ1) is 8.60. The summed E-state index contributed by atoms with van der Waals surface area (Å²) in [6.07, 6.45) is 3.70. The Bertz CT molecular complexity index is 575. The molecule has 0 radical (unpaired) electrons. The van der Waals surface area contributed by atoms with Crippen molar-refractivity contribution in [1.29, 1.82) is 5.26 Å². The Hall–Kier alpha value is -1.73. The largest absolute Gasteiger partial charge is 0.295 e. The molecular formula is C14H15N3S. The number of nitriles is 1. The van der Waals surface area contributed by atoms with Crippen molar-refractivity contribution in [2.24, 2.45) is 0 Å². The molecule has 1 heterocycles. The van der Waals surface area contributed by atoms with Gasteiger partial charge in [0.05, 0.1) is 11.3 Å². The van der Waals surface area contributed by atoms with E-state index in [2.05, 4.69) is 43.1 Å². The molecule has 0 aliphatic carbocycles. The molecule has 0 bridgehead atoms. The van der Waals surface area contributed by atoms with Crippen LogP contribution in [0.3, 0.4) is 0 Å². The molecule has 0 amide bonds. The molecule has 0 spiro atoms. The number of benzene rings is 1. The van der Waals surface area contributed by atoms with Crippen molar-refractivity contribution in [1.82, 2.24) is 9.55 Å². The number of aromatic nitrogens is 2. The molecule has 4 heteroatoms. The molecule has 1 aromatic heterocycles. The Morgan fingerprint density at radius 2 is 1.94 bits per heavy atom.